The van der Waals surface area contributed by atoms with Gasteiger partial charge in [-0.1, -0.05) is 0 Å². The van der Waals surface area contributed by atoms with Gasteiger partial charge in [-0.05, 0) is 63.8 Å². The molecule has 0 aromatic heterocycles. The maximum atomic E-state index is 12.4. The van der Waals surface area contributed by atoms with Crippen LogP contribution in [-0.4, -0.2) is 34.1 Å². The van der Waals surface area contributed by atoms with Gasteiger partial charge in [0.25, 0.3) is 0 Å². The van der Waals surface area contributed by atoms with Gasteiger partial charge in [-0.2, -0.15) is 0 Å². The molecule has 2 amide bonds. The number of urea groups is 1. The van der Waals surface area contributed by atoms with Crippen LogP contribution in [0.3, 0.4) is 0 Å². The van der Waals surface area contributed by atoms with E-state index in [0.717, 1.165) is 30.5 Å². The fraction of sp³-hybridized carbons (Fsp3) is 0.500. The lowest BCUT2D eigenvalue weighted by Gasteiger charge is -2.31. The van der Waals surface area contributed by atoms with Crippen molar-refractivity contribution < 1.29 is 14.7 Å². The molecule has 0 spiro atoms. The molecule has 0 atom stereocenters. The van der Waals surface area contributed by atoms with Crippen molar-refractivity contribution in [2.24, 2.45) is 0 Å². The Morgan fingerprint density at radius 1 is 1.29 bits per heavy atom. The summed E-state index contributed by atoms with van der Waals surface area (Å²) in [6.07, 6.45) is 1.97. The third kappa shape index (κ3) is 3.01. The van der Waals surface area contributed by atoms with Crippen molar-refractivity contribution >= 4 is 17.7 Å². The summed E-state index contributed by atoms with van der Waals surface area (Å²) in [5.41, 5.74) is 2.18. The molecule has 1 aromatic rings. The van der Waals surface area contributed by atoms with Gasteiger partial charge in [0.2, 0.25) is 0 Å². The molecule has 1 aliphatic rings. The van der Waals surface area contributed by atoms with Crippen LogP contribution in [0.15, 0.2) is 12.1 Å². The number of hydrogen-bond acceptors (Lipinski definition) is 2. The number of carbonyl (C=O) groups is 2. The highest BCUT2D eigenvalue weighted by atomic mass is 16.4. The summed E-state index contributed by atoms with van der Waals surface area (Å²) < 4.78 is 0. The largest absolute Gasteiger partial charge is 0.478 e. The molecule has 114 valence electrons. The molecule has 1 saturated heterocycles. The van der Waals surface area contributed by atoms with Gasteiger partial charge in [0, 0.05) is 17.8 Å². The van der Waals surface area contributed by atoms with Gasteiger partial charge in [-0.25, -0.2) is 9.59 Å². The Morgan fingerprint density at radius 2 is 1.95 bits per heavy atom. The highest BCUT2D eigenvalue weighted by Gasteiger charge is 2.35. The number of hydrogen-bond donors (Lipinski definition) is 2. The number of nitrogens with zero attached hydrogens (tertiary/aromatic N) is 1. The quantitative estimate of drug-likeness (QED) is 0.877. The standard InChI is InChI=1S/C16H22N2O3/c1-10-8-12(9-13(11(10)2)14(19)20)17-15(21)18-7-5-6-16(18,3)4/h8-9H,5-7H2,1-4H3,(H,17,21)(H,19,20). The van der Waals surface area contributed by atoms with Crippen molar-refractivity contribution in [3.05, 3.63) is 28.8 Å². The van der Waals surface area contributed by atoms with E-state index in [1.807, 2.05) is 31.7 Å². The lowest BCUT2D eigenvalue weighted by Crippen LogP contribution is -2.45. The number of aromatic carboxylic acids is 1. The minimum Gasteiger partial charge on any atom is -0.478 e. The predicted molar refractivity (Wildman–Crippen MR) is 81.9 cm³/mol. The summed E-state index contributed by atoms with van der Waals surface area (Å²) in [7, 11) is 0. The summed E-state index contributed by atoms with van der Waals surface area (Å²) in [5, 5.41) is 12.0. The zero-order valence-corrected chi connectivity index (χ0v) is 13.0. The van der Waals surface area contributed by atoms with Crippen LogP contribution in [0.1, 0.15) is 48.2 Å². The molecule has 5 heteroatoms. The Bertz CT molecular complexity index is 593. The molecule has 0 unspecified atom stereocenters. The Balaban J connectivity index is 2.24. The minimum atomic E-state index is -0.979. The summed E-state index contributed by atoms with van der Waals surface area (Å²) in [6, 6.07) is 3.16. The topological polar surface area (TPSA) is 69.6 Å². The van der Waals surface area contributed by atoms with Gasteiger partial charge in [0.15, 0.2) is 0 Å². The second-order valence-corrected chi connectivity index (χ2v) is 6.27. The first-order valence-electron chi connectivity index (χ1n) is 7.15. The normalized spacial score (nSPS) is 16.9. The molecular formula is C16H22N2O3. The fourth-order valence-electron chi connectivity index (χ4n) is 2.83. The van der Waals surface area contributed by atoms with Gasteiger partial charge < -0.3 is 15.3 Å². The molecule has 1 heterocycles. The SMILES string of the molecule is Cc1cc(NC(=O)N2CCCC2(C)C)cc(C(=O)O)c1C. The fourth-order valence-corrected chi connectivity index (χ4v) is 2.83. The van der Waals surface area contributed by atoms with Crippen molar-refractivity contribution in [2.45, 2.75) is 46.1 Å². The van der Waals surface area contributed by atoms with Gasteiger partial charge in [-0.15, -0.1) is 0 Å². The zero-order valence-electron chi connectivity index (χ0n) is 13.0. The van der Waals surface area contributed by atoms with E-state index in [1.165, 1.54) is 6.07 Å². The second kappa shape index (κ2) is 5.39. The van der Waals surface area contributed by atoms with Crippen LogP contribution in [0.25, 0.3) is 0 Å². The monoisotopic (exact) mass is 290 g/mol. The minimum absolute atomic E-state index is 0.153. The molecular weight excluding hydrogens is 268 g/mol. The highest BCUT2D eigenvalue weighted by molar-refractivity contribution is 5.95. The zero-order chi connectivity index (χ0) is 15.8. The smallest absolute Gasteiger partial charge is 0.336 e. The van der Waals surface area contributed by atoms with E-state index < -0.39 is 5.97 Å². The number of anilines is 1. The first kappa shape index (κ1) is 15.4. The number of aryl methyl sites for hydroxylation is 1. The molecule has 0 bridgehead atoms. The molecule has 2 N–H and O–H groups in total. The lowest BCUT2D eigenvalue weighted by atomic mass is 10.0. The van der Waals surface area contributed by atoms with Crippen molar-refractivity contribution in [3.63, 3.8) is 0 Å². The van der Waals surface area contributed by atoms with E-state index in [0.29, 0.717) is 5.69 Å². The number of carboxylic acid groups (broad SMARTS) is 1. The van der Waals surface area contributed by atoms with E-state index in [-0.39, 0.29) is 17.1 Å². The molecule has 0 radical (unpaired) electrons. The van der Waals surface area contributed by atoms with Crippen LogP contribution in [-0.2, 0) is 0 Å². The molecule has 1 fully saturated rings. The maximum Gasteiger partial charge on any atom is 0.336 e. The number of benzene rings is 1. The predicted octanol–water partition coefficient (Wildman–Crippen LogP) is 3.41. The van der Waals surface area contributed by atoms with Crippen LogP contribution >= 0.6 is 0 Å². The summed E-state index contributed by atoms with van der Waals surface area (Å²) in [5.74, 6) is -0.979. The van der Waals surface area contributed by atoms with Crippen molar-refractivity contribution in [1.82, 2.24) is 4.90 Å². The number of likely N-dealkylation sites (tertiary alicyclic amines) is 1. The van der Waals surface area contributed by atoms with E-state index in [9.17, 15) is 14.7 Å². The van der Waals surface area contributed by atoms with Crippen molar-refractivity contribution in [3.8, 4) is 0 Å². The summed E-state index contributed by atoms with van der Waals surface area (Å²) >= 11 is 0. The summed E-state index contributed by atoms with van der Waals surface area (Å²) in [6.45, 7) is 8.44. The number of nitrogens with one attached hydrogen (secondary N) is 1. The van der Waals surface area contributed by atoms with E-state index in [2.05, 4.69) is 5.32 Å². The Labute approximate surface area is 125 Å². The Kier molecular flexibility index (Phi) is 3.94. The van der Waals surface area contributed by atoms with E-state index in [4.69, 9.17) is 0 Å². The van der Waals surface area contributed by atoms with Crippen molar-refractivity contribution in [2.75, 3.05) is 11.9 Å². The first-order valence-corrected chi connectivity index (χ1v) is 7.15. The van der Waals surface area contributed by atoms with Crippen LogP contribution in [0.4, 0.5) is 10.5 Å². The number of carbonyl (C=O) groups excluding carboxylic acids is 1. The van der Waals surface area contributed by atoms with Crippen LogP contribution in [0, 0.1) is 13.8 Å². The van der Waals surface area contributed by atoms with Gasteiger partial charge >= 0.3 is 12.0 Å². The molecule has 1 aromatic carbocycles. The summed E-state index contributed by atoms with van der Waals surface area (Å²) in [4.78, 5) is 25.4. The number of amides is 2. The van der Waals surface area contributed by atoms with Crippen LogP contribution in [0.5, 0.6) is 0 Å². The molecule has 0 saturated carbocycles. The van der Waals surface area contributed by atoms with Crippen molar-refractivity contribution in [1.29, 1.82) is 0 Å². The van der Waals surface area contributed by atoms with Crippen LogP contribution < -0.4 is 5.32 Å². The third-order valence-electron chi connectivity index (χ3n) is 4.30. The molecule has 2 rings (SSSR count). The van der Waals surface area contributed by atoms with Gasteiger partial charge in [-0.3, -0.25) is 0 Å². The lowest BCUT2D eigenvalue weighted by molar-refractivity contribution is 0.0696. The number of rotatable bonds is 2. The van der Waals surface area contributed by atoms with E-state index >= 15 is 0 Å². The first-order chi connectivity index (χ1) is 9.72. The number of carboxylic acids is 1. The highest BCUT2D eigenvalue weighted by Crippen LogP contribution is 2.29. The van der Waals surface area contributed by atoms with E-state index in [1.54, 1.807) is 6.92 Å². The average Bonchev–Trinajstić information content (AvgIpc) is 2.72. The Morgan fingerprint density at radius 3 is 2.48 bits per heavy atom. The average molecular weight is 290 g/mol. The second-order valence-electron chi connectivity index (χ2n) is 6.27. The van der Waals surface area contributed by atoms with Crippen LogP contribution in [0.2, 0.25) is 0 Å². The molecule has 21 heavy (non-hydrogen) atoms. The van der Waals surface area contributed by atoms with Gasteiger partial charge in [0.1, 0.15) is 0 Å². The molecule has 5 nitrogen and oxygen atoms in total. The third-order valence-corrected chi connectivity index (χ3v) is 4.30. The Hall–Kier alpha value is -2.04. The maximum absolute atomic E-state index is 12.4. The van der Waals surface area contributed by atoms with Gasteiger partial charge in [0.05, 0.1) is 5.56 Å². The molecule has 1 aliphatic heterocycles. The molecule has 0 aliphatic carbocycles.